The van der Waals surface area contributed by atoms with Crippen molar-refractivity contribution in [2.24, 2.45) is 0 Å². The van der Waals surface area contributed by atoms with Gasteiger partial charge < -0.3 is 54.8 Å². The number of Topliss-reactive ketones (excluding diaryl/α,β-unsaturated/α-hetero) is 2. The number of hydrogen-bond donors (Lipinski definition) is 7. The molecule has 36 heavy (non-hydrogen) atoms. The van der Waals surface area contributed by atoms with Gasteiger partial charge in [0.25, 0.3) is 0 Å². The van der Waals surface area contributed by atoms with Crippen molar-refractivity contribution >= 4 is 17.9 Å². The van der Waals surface area contributed by atoms with Crippen LogP contribution in [0.25, 0.3) is 0 Å². The summed E-state index contributed by atoms with van der Waals surface area (Å²) in [6, 6.07) is 0. The molecule has 5 atom stereocenters. The van der Waals surface area contributed by atoms with Gasteiger partial charge in [-0.05, 0) is 53.9 Å². The highest BCUT2D eigenvalue weighted by Crippen LogP contribution is 2.21. The van der Waals surface area contributed by atoms with Crippen molar-refractivity contribution in [3.63, 3.8) is 0 Å². The van der Waals surface area contributed by atoms with Crippen molar-refractivity contribution in [3.8, 4) is 0 Å². The minimum Gasteiger partial charge on any atom is -0.396 e. The van der Waals surface area contributed by atoms with Gasteiger partial charge in [-0.15, -0.1) is 0 Å². The Balaban J connectivity index is -0.000000391. The molecule has 2 aliphatic rings. The summed E-state index contributed by atoms with van der Waals surface area (Å²) in [5, 5.41) is 61.3. The molecule has 7 N–H and O–H groups in total. The molecule has 0 bridgehead atoms. The summed E-state index contributed by atoms with van der Waals surface area (Å²) in [4.78, 5) is 29.0. The molecule has 2 fully saturated rings. The molecule has 2 rings (SSSR count). The van der Waals surface area contributed by atoms with Crippen molar-refractivity contribution < 1.29 is 59.6 Å². The van der Waals surface area contributed by atoms with Gasteiger partial charge in [0, 0.05) is 38.9 Å². The van der Waals surface area contributed by atoms with E-state index in [1.54, 1.807) is 13.8 Å². The molecule has 2 saturated heterocycles. The molecule has 0 radical (unpaired) electrons. The molecule has 216 valence electrons. The highest BCUT2D eigenvalue weighted by atomic mass is 16.6. The van der Waals surface area contributed by atoms with Gasteiger partial charge in [-0.1, -0.05) is 0 Å². The predicted octanol–water partition coefficient (Wildman–Crippen LogP) is -0.396. The summed E-state index contributed by atoms with van der Waals surface area (Å²) < 4.78 is 9.86. The maximum absolute atomic E-state index is 10.3. The van der Waals surface area contributed by atoms with Crippen molar-refractivity contribution in [2.45, 2.75) is 109 Å². The van der Waals surface area contributed by atoms with Crippen LogP contribution in [-0.4, -0.2) is 110 Å². The summed E-state index contributed by atoms with van der Waals surface area (Å²) in [7, 11) is 0. The van der Waals surface area contributed by atoms with Crippen molar-refractivity contribution in [1.82, 2.24) is 0 Å². The van der Waals surface area contributed by atoms with E-state index < -0.39 is 29.9 Å². The number of aliphatic hydroxyl groups excluding tert-OH is 5. The van der Waals surface area contributed by atoms with E-state index in [9.17, 15) is 14.4 Å². The number of ketones is 2. The fourth-order valence-corrected chi connectivity index (χ4v) is 2.66. The second kappa shape index (κ2) is 22.8. The van der Waals surface area contributed by atoms with E-state index >= 15 is 0 Å². The first-order valence-electron chi connectivity index (χ1n) is 11.9. The lowest BCUT2D eigenvalue weighted by Crippen LogP contribution is -2.38. The summed E-state index contributed by atoms with van der Waals surface area (Å²) in [5.41, 5.74) is 0. The summed E-state index contributed by atoms with van der Waals surface area (Å²) in [6.07, 6.45) is 1.86. The third-order valence-corrected chi connectivity index (χ3v) is 4.19. The molecule has 0 aromatic carbocycles. The van der Waals surface area contributed by atoms with Crippen LogP contribution in [0.3, 0.4) is 0 Å². The molecule has 2 heterocycles. The Kier molecular flexibility index (Phi) is 24.8. The zero-order valence-electron chi connectivity index (χ0n) is 22.3. The smallest absolute Gasteiger partial charge is 0.165 e. The van der Waals surface area contributed by atoms with Crippen LogP contribution < -0.4 is 0 Å². The van der Waals surface area contributed by atoms with Crippen LogP contribution in [0.1, 0.15) is 79.6 Å². The predicted molar refractivity (Wildman–Crippen MR) is 131 cm³/mol. The highest BCUT2D eigenvalue weighted by Gasteiger charge is 2.30. The molecule has 0 aromatic heterocycles. The van der Waals surface area contributed by atoms with Crippen molar-refractivity contribution in [2.75, 3.05) is 26.4 Å². The Morgan fingerprint density at radius 3 is 1.47 bits per heavy atom. The van der Waals surface area contributed by atoms with E-state index in [0.717, 1.165) is 0 Å². The van der Waals surface area contributed by atoms with E-state index in [-0.39, 0.29) is 37.6 Å². The van der Waals surface area contributed by atoms with Crippen LogP contribution >= 0.6 is 0 Å². The van der Waals surface area contributed by atoms with Crippen LogP contribution in [0.15, 0.2) is 0 Å². The Morgan fingerprint density at radius 1 is 0.917 bits per heavy atom. The molecule has 12 nitrogen and oxygen atoms in total. The number of hydrogen-bond acceptors (Lipinski definition) is 12. The van der Waals surface area contributed by atoms with Gasteiger partial charge in [0.05, 0.1) is 31.5 Å². The zero-order valence-corrected chi connectivity index (χ0v) is 22.3. The number of carbonyl (C=O) groups excluding carboxylic acids is 3. The van der Waals surface area contributed by atoms with Crippen LogP contribution in [0, 0.1) is 0 Å². The van der Waals surface area contributed by atoms with E-state index in [2.05, 4.69) is 0 Å². The second-order valence-corrected chi connectivity index (χ2v) is 9.00. The molecule has 0 saturated carbocycles. The van der Waals surface area contributed by atoms with E-state index in [1.165, 1.54) is 20.8 Å². The minimum atomic E-state index is -1.10. The first kappa shape index (κ1) is 39.2. The van der Waals surface area contributed by atoms with E-state index in [4.69, 9.17) is 45.2 Å². The number of rotatable bonds is 6. The van der Waals surface area contributed by atoms with Crippen LogP contribution in [0.4, 0.5) is 0 Å². The van der Waals surface area contributed by atoms with Gasteiger partial charge in [-0.25, -0.2) is 0 Å². The molecular weight excluding hydrogens is 480 g/mol. The van der Waals surface area contributed by atoms with Crippen molar-refractivity contribution in [1.29, 1.82) is 0 Å². The van der Waals surface area contributed by atoms with E-state index in [0.29, 0.717) is 51.6 Å². The molecule has 0 aromatic rings. The monoisotopic (exact) mass is 528 g/mol. The normalized spacial score (nSPS) is 27.6. The largest absolute Gasteiger partial charge is 0.396 e. The van der Waals surface area contributed by atoms with Gasteiger partial charge in [0.2, 0.25) is 0 Å². The van der Waals surface area contributed by atoms with Crippen LogP contribution in [0.5, 0.6) is 0 Å². The highest BCUT2D eigenvalue weighted by molar-refractivity contribution is 5.75. The summed E-state index contributed by atoms with van der Waals surface area (Å²) in [5.74, 6) is -2.08. The minimum absolute atomic E-state index is 0.0243. The Bertz CT molecular complexity index is 535. The number of aliphatic hydroxyl groups is 7. The lowest BCUT2D eigenvalue weighted by molar-refractivity contribution is -0.232. The Morgan fingerprint density at radius 2 is 1.31 bits per heavy atom. The Labute approximate surface area is 213 Å². The van der Waals surface area contributed by atoms with Gasteiger partial charge in [0.15, 0.2) is 11.6 Å². The summed E-state index contributed by atoms with van der Waals surface area (Å²) in [6.45, 7) is 8.42. The number of carbonyl (C=O) groups is 3. The number of aldehydes is 1. The first-order chi connectivity index (χ1) is 16.5. The van der Waals surface area contributed by atoms with Gasteiger partial charge in [-0.3, -0.25) is 4.79 Å². The maximum Gasteiger partial charge on any atom is 0.165 e. The lowest BCUT2D eigenvalue weighted by atomic mass is 10.1. The SMILES string of the molecule is CC(=O)C[C@H](O)CCO.CC(C)=O.C[C@@]1(O)C[C@H](O)CCO1.C[C@]1(O)C[C@H](O)CCO1.O=CCCO. The molecule has 0 spiro atoms. The maximum atomic E-state index is 10.3. The Hall–Kier alpha value is -1.35. The van der Waals surface area contributed by atoms with Crippen molar-refractivity contribution in [3.05, 3.63) is 0 Å². The fourth-order valence-electron chi connectivity index (χ4n) is 2.66. The third kappa shape index (κ3) is 32.7. The molecule has 12 heteroatoms. The van der Waals surface area contributed by atoms with Gasteiger partial charge in [0.1, 0.15) is 17.9 Å². The molecule has 0 aliphatic carbocycles. The standard InChI is InChI=1S/3C6H12O3.C3H6O2.C3H6O/c2*1-6(8)4-5(7)2-3-9-6;1-5(8)4-6(9)2-3-7;4-2-1-3-5;1-3(2)4/h2*5,7-8H,2-4H2,1H3;6-7,9H,2-4H2,1H3;2,5H,1,3H2;1-2H3/t5-,6+;5-,6-;6-;;/m111../s1. The quantitative estimate of drug-likeness (QED) is 0.220. The fraction of sp³-hybridized carbons (Fsp3) is 0.875. The van der Waals surface area contributed by atoms with Crippen LogP contribution in [0.2, 0.25) is 0 Å². The third-order valence-electron chi connectivity index (χ3n) is 4.19. The number of ether oxygens (including phenoxy) is 2. The molecule has 0 amide bonds. The van der Waals surface area contributed by atoms with Gasteiger partial charge >= 0.3 is 0 Å². The second-order valence-electron chi connectivity index (χ2n) is 9.00. The molecule has 2 aliphatic heterocycles. The molecule has 0 unspecified atom stereocenters. The average Bonchev–Trinajstić information content (AvgIpc) is 2.67. The first-order valence-corrected chi connectivity index (χ1v) is 11.9. The van der Waals surface area contributed by atoms with Gasteiger partial charge in [-0.2, -0.15) is 0 Å². The molecular formula is C24H48O12. The lowest BCUT2D eigenvalue weighted by Gasteiger charge is -2.31. The summed E-state index contributed by atoms with van der Waals surface area (Å²) >= 11 is 0. The van der Waals surface area contributed by atoms with E-state index in [1.807, 2.05) is 0 Å². The topological polar surface area (TPSA) is 211 Å². The van der Waals surface area contributed by atoms with Crippen LogP contribution in [-0.2, 0) is 23.9 Å². The average molecular weight is 529 g/mol. The zero-order chi connectivity index (χ0) is 28.8.